The first-order valence-corrected chi connectivity index (χ1v) is 8.04. The summed E-state index contributed by atoms with van der Waals surface area (Å²) in [5.74, 6) is 0. The van der Waals surface area contributed by atoms with E-state index >= 15 is 0 Å². The predicted octanol–water partition coefficient (Wildman–Crippen LogP) is -0.367. The van der Waals surface area contributed by atoms with Gasteiger partial charge in [0.25, 0.3) is 0 Å². The minimum atomic E-state index is -3.86. The number of aliphatic hydroxyl groups is 3. The van der Waals surface area contributed by atoms with E-state index in [1.54, 1.807) is 31.4 Å². The van der Waals surface area contributed by atoms with E-state index in [4.69, 9.17) is 4.74 Å². The van der Waals surface area contributed by atoms with Gasteiger partial charge in [0.2, 0.25) is 0 Å². The summed E-state index contributed by atoms with van der Waals surface area (Å²) in [5, 5.41) is 29.4. The van der Waals surface area contributed by atoms with Crippen LogP contribution >= 0.6 is 0 Å². The van der Waals surface area contributed by atoms with Crippen molar-refractivity contribution in [2.75, 3.05) is 20.0 Å². The summed E-state index contributed by atoms with van der Waals surface area (Å²) in [7, 11) is -2.32. The molecule has 0 saturated carbocycles. The van der Waals surface area contributed by atoms with Gasteiger partial charge in [-0.15, -0.1) is 0 Å². The summed E-state index contributed by atoms with van der Waals surface area (Å²) in [6.45, 7) is 0.425. The number of sulfone groups is 1. The van der Waals surface area contributed by atoms with Crippen LogP contribution in [0.15, 0.2) is 24.3 Å². The maximum absolute atomic E-state index is 11.2. The number of hydrogen-bond acceptors (Lipinski definition) is 6. The molecule has 0 radical (unpaired) electrons. The van der Waals surface area contributed by atoms with Crippen LogP contribution in [0, 0.1) is 0 Å². The second-order valence-corrected chi connectivity index (χ2v) is 6.74. The third-order valence-electron chi connectivity index (χ3n) is 3.00. The Kier molecular flexibility index (Phi) is 6.09. The molecular weight excluding hydrogens is 284 g/mol. The quantitative estimate of drug-likeness (QED) is 0.635. The van der Waals surface area contributed by atoms with Crippen LogP contribution < -0.4 is 0 Å². The van der Waals surface area contributed by atoms with E-state index in [2.05, 4.69) is 0 Å². The van der Waals surface area contributed by atoms with E-state index < -0.39 is 27.5 Å². The van der Waals surface area contributed by atoms with Gasteiger partial charge < -0.3 is 20.1 Å². The van der Waals surface area contributed by atoms with Crippen LogP contribution in [0.3, 0.4) is 0 Å². The normalized spacial score (nSPS) is 16.6. The molecule has 1 aromatic carbocycles. The molecule has 0 aliphatic rings. The standard InChI is InChI=1S/C13H20O6S/c1-19-8-7-9-5-3-4-6-10(9)11(14)12(15)13(16)20(2,17)18/h3-6,11-16H,7-8H2,1-2H3. The van der Waals surface area contributed by atoms with Crippen LogP contribution in [0.5, 0.6) is 0 Å². The fourth-order valence-corrected chi connectivity index (χ4v) is 2.51. The summed E-state index contributed by atoms with van der Waals surface area (Å²) in [6, 6.07) is 6.75. The fraction of sp³-hybridized carbons (Fsp3) is 0.538. The number of ether oxygens (including phenoxy) is 1. The molecule has 0 aromatic heterocycles. The molecule has 114 valence electrons. The third-order valence-corrected chi connectivity index (χ3v) is 4.16. The van der Waals surface area contributed by atoms with E-state index in [0.29, 0.717) is 18.6 Å². The zero-order valence-electron chi connectivity index (χ0n) is 11.4. The molecule has 1 aromatic rings. The van der Waals surface area contributed by atoms with Crippen LogP contribution in [0.25, 0.3) is 0 Å². The van der Waals surface area contributed by atoms with Gasteiger partial charge in [0.15, 0.2) is 15.3 Å². The molecule has 0 saturated heterocycles. The van der Waals surface area contributed by atoms with E-state index in [9.17, 15) is 23.7 Å². The molecule has 1 rings (SSSR count). The highest BCUT2D eigenvalue weighted by Crippen LogP contribution is 2.24. The fourth-order valence-electron chi connectivity index (χ4n) is 1.86. The van der Waals surface area contributed by atoms with Gasteiger partial charge in [-0.3, -0.25) is 0 Å². The van der Waals surface area contributed by atoms with Crippen molar-refractivity contribution in [3.8, 4) is 0 Å². The van der Waals surface area contributed by atoms with Gasteiger partial charge in [-0.1, -0.05) is 24.3 Å². The summed E-state index contributed by atoms with van der Waals surface area (Å²) in [4.78, 5) is 0. The largest absolute Gasteiger partial charge is 0.386 e. The Bertz CT molecular complexity index is 527. The van der Waals surface area contributed by atoms with Gasteiger partial charge in [0.05, 0.1) is 6.61 Å². The Labute approximate surface area is 118 Å². The first kappa shape index (κ1) is 17.1. The van der Waals surface area contributed by atoms with Crippen molar-refractivity contribution in [2.24, 2.45) is 0 Å². The number of aliphatic hydroxyl groups excluding tert-OH is 3. The van der Waals surface area contributed by atoms with Crippen LogP contribution in [0.4, 0.5) is 0 Å². The molecular formula is C13H20O6S. The van der Waals surface area contributed by atoms with Crippen molar-refractivity contribution in [3.63, 3.8) is 0 Å². The molecule has 0 spiro atoms. The van der Waals surface area contributed by atoms with E-state index in [1.165, 1.54) is 0 Å². The molecule has 0 bridgehead atoms. The Morgan fingerprint density at radius 2 is 1.80 bits per heavy atom. The molecule has 0 heterocycles. The molecule has 0 fully saturated rings. The van der Waals surface area contributed by atoms with Crippen LogP contribution in [0.1, 0.15) is 17.2 Å². The van der Waals surface area contributed by atoms with E-state index in [0.717, 1.165) is 11.8 Å². The number of methoxy groups -OCH3 is 1. The monoisotopic (exact) mass is 304 g/mol. The maximum atomic E-state index is 11.2. The Hall–Kier alpha value is -0.990. The van der Waals surface area contributed by atoms with Crippen molar-refractivity contribution in [1.29, 1.82) is 0 Å². The number of benzene rings is 1. The highest BCUT2D eigenvalue weighted by atomic mass is 32.2. The minimum absolute atomic E-state index is 0.375. The SMILES string of the molecule is COCCc1ccccc1C(O)C(O)C(O)S(C)(=O)=O. The lowest BCUT2D eigenvalue weighted by atomic mass is 9.97. The van der Waals surface area contributed by atoms with E-state index in [1.807, 2.05) is 0 Å². The highest BCUT2D eigenvalue weighted by molar-refractivity contribution is 7.91. The zero-order valence-corrected chi connectivity index (χ0v) is 12.2. The molecule has 6 nitrogen and oxygen atoms in total. The molecule has 0 aliphatic carbocycles. The van der Waals surface area contributed by atoms with Gasteiger partial charge >= 0.3 is 0 Å². The number of hydrogen-bond donors (Lipinski definition) is 3. The molecule has 3 N–H and O–H groups in total. The van der Waals surface area contributed by atoms with E-state index in [-0.39, 0.29) is 0 Å². The van der Waals surface area contributed by atoms with Crippen molar-refractivity contribution in [3.05, 3.63) is 35.4 Å². The molecule has 0 aliphatic heterocycles. The van der Waals surface area contributed by atoms with Crippen molar-refractivity contribution >= 4 is 9.84 Å². The van der Waals surface area contributed by atoms with Gasteiger partial charge in [0.1, 0.15) is 12.2 Å². The van der Waals surface area contributed by atoms with Gasteiger partial charge in [-0.05, 0) is 17.5 Å². The zero-order chi connectivity index (χ0) is 15.3. The Balaban J connectivity index is 2.99. The lowest BCUT2D eigenvalue weighted by Crippen LogP contribution is -2.38. The van der Waals surface area contributed by atoms with Crippen LogP contribution in [-0.2, 0) is 21.0 Å². The molecule has 3 atom stereocenters. The maximum Gasteiger partial charge on any atom is 0.183 e. The van der Waals surface area contributed by atoms with Gasteiger partial charge in [-0.2, -0.15) is 0 Å². The average molecular weight is 304 g/mol. The first-order valence-electron chi connectivity index (χ1n) is 6.09. The Morgan fingerprint density at radius 3 is 2.35 bits per heavy atom. The van der Waals surface area contributed by atoms with Crippen molar-refractivity contribution in [1.82, 2.24) is 0 Å². The molecule has 20 heavy (non-hydrogen) atoms. The van der Waals surface area contributed by atoms with Crippen LogP contribution in [0.2, 0.25) is 0 Å². The minimum Gasteiger partial charge on any atom is -0.386 e. The second kappa shape index (κ2) is 7.14. The third kappa shape index (κ3) is 4.26. The van der Waals surface area contributed by atoms with Gasteiger partial charge in [-0.25, -0.2) is 8.42 Å². The summed E-state index contributed by atoms with van der Waals surface area (Å²) >= 11 is 0. The summed E-state index contributed by atoms with van der Waals surface area (Å²) < 4.78 is 27.4. The lowest BCUT2D eigenvalue weighted by Gasteiger charge is -2.23. The predicted molar refractivity (Wildman–Crippen MR) is 73.8 cm³/mol. The molecule has 3 unspecified atom stereocenters. The molecule has 7 heteroatoms. The smallest absolute Gasteiger partial charge is 0.183 e. The summed E-state index contributed by atoms with van der Waals surface area (Å²) in [5.41, 5.74) is -0.936. The number of rotatable bonds is 7. The lowest BCUT2D eigenvalue weighted by molar-refractivity contribution is -0.0313. The first-order chi connectivity index (χ1) is 9.29. The van der Waals surface area contributed by atoms with Crippen LogP contribution in [-0.4, -0.2) is 55.2 Å². The molecule has 0 amide bonds. The van der Waals surface area contributed by atoms with Gasteiger partial charge in [0, 0.05) is 13.4 Å². The van der Waals surface area contributed by atoms with Crippen molar-refractivity contribution in [2.45, 2.75) is 24.1 Å². The Morgan fingerprint density at radius 1 is 1.20 bits per heavy atom. The van der Waals surface area contributed by atoms with Crippen molar-refractivity contribution < 1.29 is 28.5 Å². The topological polar surface area (TPSA) is 104 Å². The second-order valence-electron chi connectivity index (χ2n) is 4.60. The average Bonchev–Trinajstić information content (AvgIpc) is 2.42. The highest BCUT2D eigenvalue weighted by Gasteiger charge is 2.33. The summed E-state index contributed by atoms with van der Waals surface area (Å²) in [6.07, 6.45) is -2.00.